The van der Waals surface area contributed by atoms with Crippen LogP contribution in [-0.2, 0) is 27.2 Å². The molecule has 12 heteroatoms. The molecule has 270 valence electrons. The smallest absolute Gasteiger partial charge is 0.308 e. The number of aromatic hydroxyl groups is 1. The first-order chi connectivity index (χ1) is 24.3. The summed E-state index contributed by atoms with van der Waals surface area (Å²) in [5.74, 6) is -3.08. The zero-order valence-corrected chi connectivity index (χ0v) is 30.5. The summed E-state index contributed by atoms with van der Waals surface area (Å²) in [6, 6.07) is 10.9. The Kier molecular flexibility index (Phi) is 12.1. The average Bonchev–Trinajstić information content (AvgIpc) is 3.06. The van der Waals surface area contributed by atoms with Crippen LogP contribution < -0.4 is 10.9 Å². The summed E-state index contributed by atoms with van der Waals surface area (Å²) in [4.78, 5) is 43.4. The largest absolute Gasteiger partial charge is 0.507 e. The molecule has 1 amide bonds. The fourth-order valence-electron chi connectivity index (χ4n) is 6.52. The number of aryl methyl sites for hydroxylation is 3. The number of hydrogen-bond donors (Lipinski definition) is 2. The first kappa shape index (κ1) is 37.8. The van der Waals surface area contributed by atoms with Gasteiger partial charge in [0, 0.05) is 52.6 Å². The molecular formula is C39H41BrF3N3O5. The van der Waals surface area contributed by atoms with Crippen molar-refractivity contribution >= 4 is 27.8 Å². The van der Waals surface area contributed by atoms with Crippen LogP contribution in [0.25, 0.3) is 11.1 Å². The first-order valence-electron chi connectivity index (χ1n) is 16.9. The Morgan fingerprint density at radius 2 is 1.78 bits per heavy atom. The van der Waals surface area contributed by atoms with Gasteiger partial charge in [0.25, 0.3) is 5.56 Å². The fourth-order valence-corrected chi connectivity index (χ4v) is 6.90. The summed E-state index contributed by atoms with van der Waals surface area (Å²) in [7, 11) is 0. The second-order valence-electron chi connectivity index (χ2n) is 12.9. The maximum Gasteiger partial charge on any atom is 0.308 e. The molecule has 1 unspecified atom stereocenters. The molecule has 3 aromatic carbocycles. The number of alkyl halides is 1. The maximum absolute atomic E-state index is 16.1. The summed E-state index contributed by atoms with van der Waals surface area (Å²) >= 11 is 3.35. The van der Waals surface area contributed by atoms with Gasteiger partial charge in [-0.3, -0.25) is 23.9 Å². The van der Waals surface area contributed by atoms with Crippen molar-refractivity contribution in [3.63, 3.8) is 0 Å². The van der Waals surface area contributed by atoms with E-state index in [1.54, 1.807) is 45.0 Å². The van der Waals surface area contributed by atoms with Crippen LogP contribution in [-0.4, -0.2) is 58.9 Å². The summed E-state index contributed by atoms with van der Waals surface area (Å²) in [5.41, 5.74) is 2.20. The molecule has 2 N–H and O–H groups in total. The van der Waals surface area contributed by atoms with Crippen molar-refractivity contribution in [3.05, 3.63) is 121 Å². The van der Waals surface area contributed by atoms with E-state index in [4.69, 9.17) is 4.74 Å². The number of phenolic OH excluding ortho intramolecular Hbond substituents is 1. The van der Waals surface area contributed by atoms with Crippen LogP contribution in [0.4, 0.5) is 13.2 Å². The van der Waals surface area contributed by atoms with Crippen LogP contribution in [0, 0.1) is 25.5 Å². The third kappa shape index (κ3) is 8.56. The summed E-state index contributed by atoms with van der Waals surface area (Å²) in [5, 5.41) is 13.5. The molecule has 2 atom stereocenters. The Labute approximate surface area is 303 Å². The number of likely N-dealkylation sites (tertiary alicyclic amines) is 1. The number of phenols is 1. The van der Waals surface area contributed by atoms with Crippen molar-refractivity contribution in [2.45, 2.75) is 65.2 Å². The van der Waals surface area contributed by atoms with Crippen molar-refractivity contribution < 1.29 is 32.6 Å². The normalized spacial score (nSPS) is 14.5. The van der Waals surface area contributed by atoms with Crippen LogP contribution in [0.3, 0.4) is 0 Å². The van der Waals surface area contributed by atoms with Gasteiger partial charge in [-0.25, -0.2) is 13.2 Å². The molecular weight excluding hydrogens is 727 g/mol. The van der Waals surface area contributed by atoms with Gasteiger partial charge in [0.2, 0.25) is 5.91 Å². The van der Waals surface area contributed by atoms with Gasteiger partial charge in [0.15, 0.2) is 0 Å². The monoisotopic (exact) mass is 767 g/mol. The van der Waals surface area contributed by atoms with E-state index < -0.39 is 53.7 Å². The minimum absolute atomic E-state index is 0.0345. The number of halogens is 4. The third-order valence-corrected chi connectivity index (χ3v) is 9.65. The molecule has 51 heavy (non-hydrogen) atoms. The zero-order chi connectivity index (χ0) is 37.0. The van der Waals surface area contributed by atoms with E-state index in [1.165, 1.54) is 48.0 Å². The van der Waals surface area contributed by atoms with Gasteiger partial charge in [0.1, 0.15) is 29.6 Å². The highest BCUT2D eigenvalue weighted by Crippen LogP contribution is 2.37. The minimum Gasteiger partial charge on any atom is -0.507 e. The quantitative estimate of drug-likeness (QED) is 0.142. The lowest BCUT2D eigenvalue weighted by Crippen LogP contribution is -2.49. The maximum atomic E-state index is 16.1. The van der Waals surface area contributed by atoms with Crippen molar-refractivity contribution in [3.8, 4) is 16.9 Å². The van der Waals surface area contributed by atoms with Gasteiger partial charge in [-0.2, -0.15) is 0 Å². The number of carbonyl (C=O) groups is 2. The van der Waals surface area contributed by atoms with E-state index in [0.717, 1.165) is 0 Å². The van der Waals surface area contributed by atoms with Crippen LogP contribution in [0.5, 0.6) is 5.75 Å². The number of benzene rings is 3. The lowest BCUT2D eigenvalue weighted by Gasteiger charge is -2.34. The highest BCUT2D eigenvalue weighted by molar-refractivity contribution is 9.10. The second kappa shape index (κ2) is 16.3. The van der Waals surface area contributed by atoms with Crippen molar-refractivity contribution in [2.24, 2.45) is 0 Å². The number of aromatic nitrogens is 1. The Morgan fingerprint density at radius 1 is 1.04 bits per heavy atom. The summed E-state index contributed by atoms with van der Waals surface area (Å²) in [6.07, 6.45) is 0.923. The number of carbonyl (C=O) groups excluding carboxylic acids is 2. The predicted molar refractivity (Wildman–Crippen MR) is 192 cm³/mol. The number of nitrogens with zero attached hydrogens (tertiary/aromatic N) is 2. The zero-order valence-electron chi connectivity index (χ0n) is 28.9. The number of pyridine rings is 1. The average molecular weight is 769 g/mol. The molecule has 0 radical (unpaired) electrons. The standard InChI is InChI=1S/C39H41BrF3N3O5/c1-5-25-15-24(12-13-45-20-28(41)21-45)19-46(39(25)50)37(29-17-27(40)10-11-31(29)42)38(49)44-32(18-34(48)51-6-2)30-16-26(14-23(4)36(30)43)35-22(3)8-7-9-33(35)47/h7-11,14-17,19,28,32,37,47H,5-6,12-13,18,20-21H2,1-4H3,(H,44,49)/t32-,37?/m0/s1. The molecule has 0 saturated carbocycles. The molecule has 4 aromatic rings. The summed E-state index contributed by atoms with van der Waals surface area (Å²) in [6.45, 7) is 7.93. The first-order valence-corrected chi connectivity index (χ1v) is 17.7. The highest BCUT2D eigenvalue weighted by Gasteiger charge is 2.33. The molecule has 1 aliphatic heterocycles. The van der Waals surface area contributed by atoms with E-state index in [2.05, 4.69) is 21.2 Å². The minimum atomic E-state index is -1.57. The number of nitrogens with one attached hydrogen (secondary N) is 1. The van der Waals surface area contributed by atoms with Gasteiger partial charge >= 0.3 is 5.97 Å². The van der Waals surface area contributed by atoms with E-state index >= 15 is 8.78 Å². The Balaban J connectivity index is 1.63. The van der Waals surface area contributed by atoms with Crippen LogP contribution in [0.2, 0.25) is 0 Å². The van der Waals surface area contributed by atoms with Crippen LogP contribution >= 0.6 is 15.9 Å². The van der Waals surface area contributed by atoms with Gasteiger partial charge in [-0.15, -0.1) is 0 Å². The Morgan fingerprint density at radius 3 is 2.45 bits per heavy atom. The van der Waals surface area contributed by atoms with Crippen LogP contribution in [0.15, 0.2) is 70.1 Å². The van der Waals surface area contributed by atoms with E-state index in [1.807, 2.05) is 4.90 Å². The fraction of sp³-hybridized carbons (Fsp3) is 0.359. The lowest BCUT2D eigenvalue weighted by molar-refractivity contribution is -0.143. The lowest BCUT2D eigenvalue weighted by atomic mass is 9.92. The van der Waals surface area contributed by atoms with E-state index in [9.17, 15) is 23.9 Å². The number of amides is 1. The van der Waals surface area contributed by atoms with Gasteiger partial charge in [-0.1, -0.05) is 35.0 Å². The SMILES string of the molecule is CCOC(=O)C[C@H](NC(=O)C(c1cc(Br)ccc1F)n1cc(CCN2CC(F)C2)cc(CC)c1=O)c1cc(-c2c(C)cccc2O)cc(C)c1F. The van der Waals surface area contributed by atoms with Crippen LogP contribution in [0.1, 0.15) is 65.7 Å². The second-order valence-corrected chi connectivity index (χ2v) is 13.8. The number of hydrogen-bond acceptors (Lipinski definition) is 6. The molecule has 0 bridgehead atoms. The van der Waals surface area contributed by atoms with E-state index in [-0.39, 0.29) is 29.0 Å². The van der Waals surface area contributed by atoms with Gasteiger partial charge in [-0.05, 0) is 98.3 Å². The van der Waals surface area contributed by atoms with Crippen molar-refractivity contribution in [2.75, 3.05) is 26.2 Å². The third-order valence-electron chi connectivity index (χ3n) is 9.15. The Bertz CT molecular complexity index is 1980. The molecule has 1 aromatic heterocycles. The van der Waals surface area contributed by atoms with E-state index in [0.29, 0.717) is 64.8 Å². The molecule has 0 spiro atoms. The van der Waals surface area contributed by atoms with Gasteiger partial charge in [0.05, 0.1) is 19.1 Å². The molecule has 0 aliphatic carbocycles. The number of ether oxygens (including phenoxy) is 1. The molecule has 8 nitrogen and oxygen atoms in total. The van der Waals surface area contributed by atoms with Crippen molar-refractivity contribution in [1.29, 1.82) is 0 Å². The molecule has 2 heterocycles. The number of esters is 1. The molecule has 1 saturated heterocycles. The summed E-state index contributed by atoms with van der Waals surface area (Å²) < 4.78 is 52.1. The predicted octanol–water partition coefficient (Wildman–Crippen LogP) is 7.04. The topological polar surface area (TPSA) is 101 Å². The number of rotatable bonds is 13. The Hall–Kier alpha value is -4.42. The molecule has 5 rings (SSSR count). The highest BCUT2D eigenvalue weighted by atomic mass is 79.9. The molecule has 1 fully saturated rings. The molecule has 1 aliphatic rings. The van der Waals surface area contributed by atoms with Crippen molar-refractivity contribution in [1.82, 2.24) is 14.8 Å². The van der Waals surface area contributed by atoms with Gasteiger partial charge < -0.3 is 15.2 Å².